The van der Waals surface area contributed by atoms with Gasteiger partial charge >= 0.3 is 6.18 Å². The minimum absolute atomic E-state index is 0.0433. The molecule has 1 aliphatic carbocycles. The number of carbonyl (C=O) groups excluding carboxylic acids is 1. The number of likely N-dealkylation sites (tertiary alicyclic amines) is 1. The van der Waals surface area contributed by atoms with Gasteiger partial charge in [0.25, 0.3) is 0 Å². The van der Waals surface area contributed by atoms with Gasteiger partial charge in [0.1, 0.15) is 0 Å². The standard InChI is InChI=1S/C19H24F3NO2/c1-2-15(10-24)17(25)23-11-18(12-23)8-14(9-18)7-13-3-5-16(6-4-13)19(20,21)22/h3-6,14-15,24H,2,7-12H2,1H3/t15-/m1/s1. The SMILES string of the molecule is CC[C@H](CO)C(=O)N1CC2(CC(Cc3ccc(C(F)(F)F)cc3)C2)C1. The number of carbonyl (C=O) groups is 1. The normalized spacial score (nSPS) is 20.9. The molecule has 1 spiro atoms. The van der Waals surface area contributed by atoms with Crippen LogP contribution in [0.15, 0.2) is 24.3 Å². The van der Waals surface area contributed by atoms with Crippen LogP contribution >= 0.6 is 0 Å². The summed E-state index contributed by atoms with van der Waals surface area (Å²) in [5.74, 6) is 0.232. The van der Waals surface area contributed by atoms with E-state index in [9.17, 15) is 23.1 Å². The molecule has 1 N–H and O–H groups in total. The van der Waals surface area contributed by atoms with Gasteiger partial charge in [0.2, 0.25) is 5.91 Å². The van der Waals surface area contributed by atoms with E-state index in [0.717, 1.165) is 50.0 Å². The van der Waals surface area contributed by atoms with Gasteiger partial charge in [-0.15, -0.1) is 0 Å². The highest BCUT2D eigenvalue weighted by molar-refractivity contribution is 5.80. The fourth-order valence-electron chi connectivity index (χ4n) is 4.29. The van der Waals surface area contributed by atoms with Crippen LogP contribution in [0, 0.1) is 17.3 Å². The smallest absolute Gasteiger partial charge is 0.396 e. The Morgan fingerprint density at radius 1 is 1.28 bits per heavy atom. The van der Waals surface area contributed by atoms with Crippen LogP contribution in [-0.2, 0) is 17.4 Å². The Hall–Kier alpha value is -1.56. The van der Waals surface area contributed by atoms with Crippen molar-refractivity contribution in [3.63, 3.8) is 0 Å². The summed E-state index contributed by atoms with van der Waals surface area (Å²) in [4.78, 5) is 14.0. The summed E-state index contributed by atoms with van der Waals surface area (Å²) in [7, 11) is 0. The second-order valence-electron chi connectivity index (χ2n) is 7.66. The van der Waals surface area contributed by atoms with E-state index >= 15 is 0 Å². The zero-order chi connectivity index (χ0) is 18.2. The van der Waals surface area contributed by atoms with Crippen LogP contribution in [0.5, 0.6) is 0 Å². The van der Waals surface area contributed by atoms with Gasteiger partial charge in [-0.2, -0.15) is 13.2 Å². The lowest BCUT2D eigenvalue weighted by molar-refractivity contribution is -0.160. The summed E-state index contributed by atoms with van der Waals surface area (Å²) in [6.07, 6.45) is -0.801. The van der Waals surface area contributed by atoms with E-state index in [1.807, 2.05) is 11.8 Å². The molecule has 6 heteroatoms. The van der Waals surface area contributed by atoms with Gasteiger partial charge in [0.05, 0.1) is 18.1 Å². The fourth-order valence-corrected chi connectivity index (χ4v) is 4.29. The monoisotopic (exact) mass is 355 g/mol. The van der Waals surface area contributed by atoms with Crippen LogP contribution in [0.2, 0.25) is 0 Å². The summed E-state index contributed by atoms with van der Waals surface area (Å²) in [6, 6.07) is 5.43. The molecule has 0 unspecified atom stereocenters. The number of hydrogen-bond donors (Lipinski definition) is 1. The first-order chi connectivity index (χ1) is 11.8. The molecule has 1 heterocycles. The van der Waals surface area contributed by atoms with E-state index in [1.54, 1.807) is 12.1 Å². The molecule has 1 atom stereocenters. The minimum atomic E-state index is -4.29. The van der Waals surface area contributed by atoms with Gasteiger partial charge in [-0.1, -0.05) is 19.1 Å². The Kier molecular flexibility index (Phi) is 4.84. The Morgan fingerprint density at radius 2 is 1.88 bits per heavy atom. The topological polar surface area (TPSA) is 40.5 Å². The first-order valence-corrected chi connectivity index (χ1v) is 8.82. The Balaban J connectivity index is 1.46. The van der Waals surface area contributed by atoms with Gasteiger partial charge in [0.15, 0.2) is 0 Å². The lowest BCUT2D eigenvalue weighted by Crippen LogP contribution is -2.64. The molecule has 1 aromatic rings. The van der Waals surface area contributed by atoms with Crippen LogP contribution in [-0.4, -0.2) is 35.6 Å². The molecule has 1 aromatic carbocycles. The lowest BCUT2D eigenvalue weighted by atomic mass is 9.56. The van der Waals surface area contributed by atoms with Crippen molar-refractivity contribution in [2.75, 3.05) is 19.7 Å². The number of alkyl halides is 3. The van der Waals surface area contributed by atoms with Crippen LogP contribution in [0.4, 0.5) is 13.2 Å². The summed E-state index contributed by atoms with van der Waals surface area (Å²) in [6.45, 7) is 3.31. The third kappa shape index (κ3) is 3.68. The number of halogens is 3. The highest BCUT2D eigenvalue weighted by Gasteiger charge is 2.53. The second kappa shape index (κ2) is 6.63. The van der Waals surface area contributed by atoms with Gasteiger partial charge in [-0.25, -0.2) is 0 Å². The quantitative estimate of drug-likeness (QED) is 0.878. The Labute approximate surface area is 145 Å². The molecule has 2 aliphatic rings. The van der Waals surface area contributed by atoms with E-state index in [-0.39, 0.29) is 23.8 Å². The largest absolute Gasteiger partial charge is 0.416 e. The van der Waals surface area contributed by atoms with Crippen molar-refractivity contribution >= 4 is 5.91 Å². The van der Waals surface area contributed by atoms with Gasteiger partial charge in [-0.3, -0.25) is 4.79 Å². The van der Waals surface area contributed by atoms with Crippen molar-refractivity contribution in [1.82, 2.24) is 4.90 Å². The van der Waals surface area contributed by atoms with Gasteiger partial charge in [-0.05, 0) is 49.3 Å². The maximum atomic E-state index is 12.6. The van der Waals surface area contributed by atoms with E-state index < -0.39 is 11.7 Å². The van der Waals surface area contributed by atoms with E-state index in [0.29, 0.717) is 12.3 Å². The number of rotatable bonds is 5. The Bertz CT molecular complexity index is 609. The molecular formula is C19H24F3NO2. The maximum Gasteiger partial charge on any atom is 0.416 e. The van der Waals surface area contributed by atoms with Crippen molar-refractivity contribution in [3.05, 3.63) is 35.4 Å². The van der Waals surface area contributed by atoms with Crippen molar-refractivity contribution in [2.24, 2.45) is 17.3 Å². The van der Waals surface area contributed by atoms with Crippen LogP contribution in [0.3, 0.4) is 0 Å². The molecule has 1 aliphatic heterocycles. The number of nitrogens with zero attached hydrogens (tertiary/aromatic N) is 1. The van der Waals surface area contributed by atoms with Crippen molar-refractivity contribution < 1.29 is 23.1 Å². The van der Waals surface area contributed by atoms with E-state index in [4.69, 9.17) is 0 Å². The van der Waals surface area contributed by atoms with Gasteiger partial charge in [0, 0.05) is 18.5 Å². The Morgan fingerprint density at radius 3 is 2.36 bits per heavy atom. The summed E-state index contributed by atoms with van der Waals surface area (Å²) in [5, 5.41) is 9.22. The zero-order valence-electron chi connectivity index (χ0n) is 14.4. The number of aliphatic hydroxyl groups is 1. The fraction of sp³-hybridized carbons (Fsp3) is 0.632. The average Bonchev–Trinajstić information content (AvgIpc) is 2.49. The number of hydrogen-bond acceptors (Lipinski definition) is 2. The highest BCUT2D eigenvalue weighted by Crippen LogP contribution is 2.53. The van der Waals surface area contributed by atoms with Crippen molar-refractivity contribution in [1.29, 1.82) is 0 Å². The molecule has 0 radical (unpaired) electrons. The van der Waals surface area contributed by atoms with Gasteiger partial charge < -0.3 is 10.0 Å². The molecule has 138 valence electrons. The van der Waals surface area contributed by atoms with E-state index in [2.05, 4.69) is 0 Å². The number of benzene rings is 1. The van der Waals surface area contributed by atoms with E-state index in [1.165, 1.54) is 0 Å². The number of amides is 1. The summed E-state index contributed by atoms with van der Waals surface area (Å²) < 4.78 is 37.7. The molecule has 1 saturated carbocycles. The number of aliphatic hydroxyl groups excluding tert-OH is 1. The third-order valence-electron chi connectivity index (χ3n) is 5.68. The molecule has 1 amide bonds. The highest BCUT2D eigenvalue weighted by atomic mass is 19.4. The maximum absolute atomic E-state index is 12.6. The lowest BCUT2D eigenvalue weighted by Gasteiger charge is -2.59. The summed E-state index contributed by atoms with van der Waals surface area (Å²) >= 11 is 0. The predicted molar refractivity (Wildman–Crippen MR) is 87.8 cm³/mol. The average molecular weight is 355 g/mol. The van der Waals surface area contributed by atoms with Crippen molar-refractivity contribution in [3.8, 4) is 0 Å². The van der Waals surface area contributed by atoms with Crippen molar-refractivity contribution in [2.45, 2.75) is 38.8 Å². The molecule has 3 nitrogen and oxygen atoms in total. The molecule has 25 heavy (non-hydrogen) atoms. The molecule has 2 fully saturated rings. The van der Waals surface area contributed by atoms with Crippen LogP contribution < -0.4 is 0 Å². The molecular weight excluding hydrogens is 331 g/mol. The molecule has 3 rings (SSSR count). The third-order valence-corrected chi connectivity index (χ3v) is 5.68. The molecule has 1 saturated heterocycles. The first-order valence-electron chi connectivity index (χ1n) is 8.82. The zero-order valence-corrected chi connectivity index (χ0v) is 14.4. The second-order valence-corrected chi connectivity index (χ2v) is 7.66. The minimum Gasteiger partial charge on any atom is -0.396 e. The van der Waals surface area contributed by atoms with Crippen LogP contribution in [0.25, 0.3) is 0 Å². The first kappa shape index (κ1) is 18.2. The summed E-state index contributed by atoms with van der Waals surface area (Å²) in [5.41, 5.74) is 0.537. The van der Waals surface area contributed by atoms with Crippen LogP contribution in [0.1, 0.15) is 37.3 Å². The molecule has 0 bridgehead atoms. The predicted octanol–water partition coefficient (Wildman–Crippen LogP) is 3.51. The molecule has 0 aromatic heterocycles.